The minimum Gasteiger partial charge on any atom is -0.370 e. The van der Waals surface area contributed by atoms with Gasteiger partial charge in [-0.1, -0.05) is 29.8 Å². The molecule has 0 spiro atoms. The van der Waals surface area contributed by atoms with Gasteiger partial charge in [-0.05, 0) is 12.5 Å². The van der Waals surface area contributed by atoms with Crippen LogP contribution < -0.4 is 5.73 Å². The van der Waals surface area contributed by atoms with Crippen molar-refractivity contribution in [3.63, 3.8) is 0 Å². The van der Waals surface area contributed by atoms with Crippen LogP contribution in [0.5, 0.6) is 0 Å². The van der Waals surface area contributed by atoms with Crippen molar-refractivity contribution < 1.29 is 0 Å². The molecule has 1 saturated heterocycles. The van der Waals surface area contributed by atoms with Crippen LogP contribution in [0.4, 0.5) is 0 Å². The van der Waals surface area contributed by atoms with Crippen LogP contribution in [0.1, 0.15) is 11.1 Å². The molecule has 5 heteroatoms. The maximum atomic E-state index is 6.02. The van der Waals surface area contributed by atoms with Crippen molar-refractivity contribution in [3.05, 3.63) is 35.4 Å². The molecule has 1 aliphatic rings. The van der Waals surface area contributed by atoms with E-state index in [0.29, 0.717) is 0 Å². The maximum absolute atomic E-state index is 6.02. The molecule has 1 aliphatic heterocycles. The standard InChI is InChI=1S/C15H23N3S2/c1-13-2-4-14(5-3-13)12-20-9-6-17-15(16)18-7-10-19-11-8-18/h2-5H,6-12H2,1H3,(H2,16,17). The van der Waals surface area contributed by atoms with Crippen LogP contribution in [-0.4, -0.2) is 47.8 Å². The summed E-state index contributed by atoms with van der Waals surface area (Å²) in [6, 6.07) is 8.73. The second kappa shape index (κ2) is 8.47. The van der Waals surface area contributed by atoms with E-state index in [0.717, 1.165) is 37.1 Å². The molecule has 0 bridgehead atoms. The van der Waals surface area contributed by atoms with Gasteiger partial charge in [0, 0.05) is 36.1 Å². The topological polar surface area (TPSA) is 41.6 Å². The Morgan fingerprint density at radius 3 is 2.70 bits per heavy atom. The lowest BCUT2D eigenvalue weighted by Gasteiger charge is -2.27. The zero-order valence-electron chi connectivity index (χ0n) is 12.0. The number of nitrogens with two attached hydrogens (primary N) is 1. The number of thioether (sulfide) groups is 2. The molecule has 1 heterocycles. The third kappa shape index (κ3) is 5.29. The quantitative estimate of drug-likeness (QED) is 0.516. The zero-order chi connectivity index (χ0) is 14.2. The van der Waals surface area contributed by atoms with E-state index in [4.69, 9.17) is 5.73 Å². The minimum absolute atomic E-state index is 0.723. The van der Waals surface area contributed by atoms with Gasteiger partial charge in [0.15, 0.2) is 5.96 Å². The van der Waals surface area contributed by atoms with E-state index < -0.39 is 0 Å². The van der Waals surface area contributed by atoms with Crippen molar-refractivity contribution in [2.24, 2.45) is 10.7 Å². The molecule has 1 fully saturated rings. The highest BCUT2D eigenvalue weighted by atomic mass is 32.2. The van der Waals surface area contributed by atoms with Crippen LogP contribution >= 0.6 is 23.5 Å². The minimum atomic E-state index is 0.723. The second-order valence-electron chi connectivity index (χ2n) is 4.88. The average molecular weight is 310 g/mol. The fourth-order valence-electron chi connectivity index (χ4n) is 1.99. The van der Waals surface area contributed by atoms with Crippen molar-refractivity contribution >= 4 is 29.5 Å². The third-order valence-corrected chi connectivity index (χ3v) is 5.19. The highest BCUT2D eigenvalue weighted by molar-refractivity contribution is 7.99. The Kier molecular flexibility index (Phi) is 6.60. The Labute approximate surface area is 130 Å². The first-order valence-electron chi connectivity index (χ1n) is 7.01. The van der Waals surface area contributed by atoms with Gasteiger partial charge in [-0.15, -0.1) is 0 Å². The van der Waals surface area contributed by atoms with Gasteiger partial charge in [-0.25, -0.2) is 0 Å². The number of aliphatic imine (C=N–C) groups is 1. The smallest absolute Gasteiger partial charge is 0.191 e. The molecular formula is C15H23N3S2. The van der Waals surface area contributed by atoms with Crippen molar-refractivity contribution in [3.8, 4) is 0 Å². The van der Waals surface area contributed by atoms with Crippen molar-refractivity contribution in [1.29, 1.82) is 0 Å². The summed E-state index contributed by atoms with van der Waals surface area (Å²) in [6.45, 7) is 5.01. The maximum Gasteiger partial charge on any atom is 0.191 e. The van der Waals surface area contributed by atoms with Gasteiger partial charge in [-0.2, -0.15) is 23.5 Å². The largest absolute Gasteiger partial charge is 0.370 e. The lowest BCUT2D eigenvalue weighted by Crippen LogP contribution is -2.42. The van der Waals surface area contributed by atoms with Crippen LogP contribution in [0.2, 0.25) is 0 Å². The molecule has 110 valence electrons. The summed E-state index contributed by atoms with van der Waals surface area (Å²) in [6.07, 6.45) is 0. The monoisotopic (exact) mass is 309 g/mol. The first kappa shape index (κ1) is 15.6. The Morgan fingerprint density at radius 2 is 2.00 bits per heavy atom. The van der Waals surface area contributed by atoms with Crippen molar-refractivity contribution in [1.82, 2.24) is 4.90 Å². The zero-order valence-corrected chi connectivity index (χ0v) is 13.7. The first-order valence-corrected chi connectivity index (χ1v) is 9.32. The van der Waals surface area contributed by atoms with E-state index in [9.17, 15) is 0 Å². The Morgan fingerprint density at radius 1 is 1.30 bits per heavy atom. The van der Waals surface area contributed by atoms with Gasteiger partial charge in [0.25, 0.3) is 0 Å². The van der Waals surface area contributed by atoms with E-state index in [-0.39, 0.29) is 0 Å². The molecular weight excluding hydrogens is 286 g/mol. The van der Waals surface area contributed by atoms with Gasteiger partial charge >= 0.3 is 0 Å². The molecule has 0 amide bonds. The summed E-state index contributed by atoms with van der Waals surface area (Å²) in [5.74, 6) is 5.13. The summed E-state index contributed by atoms with van der Waals surface area (Å²) in [5.41, 5.74) is 8.71. The normalized spacial score (nSPS) is 16.4. The number of benzene rings is 1. The predicted octanol–water partition coefficient (Wildman–Crippen LogP) is 2.59. The van der Waals surface area contributed by atoms with E-state index in [1.165, 1.54) is 22.6 Å². The highest BCUT2D eigenvalue weighted by Crippen LogP contribution is 2.13. The summed E-state index contributed by atoms with van der Waals surface area (Å²) in [7, 11) is 0. The first-order chi connectivity index (χ1) is 9.75. The second-order valence-corrected chi connectivity index (χ2v) is 7.21. The molecule has 1 aromatic rings. The summed E-state index contributed by atoms with van der Waals surface area (Å²) in [4.78, 5) is 6.68. The average Bonchev–Trinajstić information content (AvgIpc) is 2.49. The lowest BCUT2D eigenvalue weighted by molar-refractivity contribution is 0.456. The number of hydrogen-bond acceptors (Lipinski definition) is 3. The fraction of sp³-hybridized carbons (Fsp3) is 0.533. The van der Waals surface area contributed by atoms with Crippen molar-refractivity contribution in [2.75, 3.05) is 36.9 Å². The molecule has 1 aromatic carbocycles. The highest BCUT2D eigenvalue weighted by Gasteiger charge is 2.11. The number of hydrogen-bond donors (Lipinski definition) is 1. The SMILES string of the molecule is Cc1ccc(CSCCN=C(N)N2CCSCC2)cc1. The van der Waals surface area contributed by atoms with E-state index in [1.807, 2.05) is 23.5 Å². The third-order valence-electron chi connectivity index (χ3n) is 3.23. The molecule has 2 N–H and O–H groups in total. The fourth-order valence-corrected chi connectivity index (χ4v) is 3.69. The van der Waals surface area contributed by atoms with E-state index >= 15 is 0 Å². The number of guanidine groups is 1. The van der Waals surface area contributed by atoms with Gasteiger partial charge in [0.05, 0.1) is 6.54 Å². The number of rotatable bonds is 5. The van der Waals surface area contributed by atoms with Gasteiger partial charge in [0.1, 0.15) is 0 Å². The molecule has 2 rings (SSSR count). The van der Waals surface area contributed by atoms with Gasteiger partial charge in [0.2, 0.25) is 0 Å². The predicted molar refractivity (Wildman–Crippen MR) is 92.7 cm³/mol. The van der Waals surface area contributed by atoms with Crippen LogP contribution in [0, 0.1) is 6.92 Å². The van der Waals surface area contributed by atoms with Gasteiger partial charge in [-0.3, -0.25) is 4.99 Å². The van der Waals surface area contributed by atoms with Crippen LogP contribution in [-0.2, 0) is 5.75 Å². The summed E-state index contributed by atoms with van der Waals surface area (Å²) >= 11 is 3.91. The van der Waals surface area contributed by atoms with Crippen LogP contribution in [0.25, 0.3) is 0 Å². The number of nitrogens with zero attached hydrogens (tertiary/aromatic N) is 2. The van der Waals surface area contributed by atoms with E-state index in [2.05, 4.69) is 41.1 Å². The Hall–Kier alpha value is -0.810. The van der Waals surface area contributed by atoms with E-state index in [1.54, 1.807) is 0 Å². The van der Waals surface area contributed by atoms with Crippen LogP contribution in [0.15, 0.2) is 29.3 Å². The Balaban J connectivity index is 1.64. The Bertz CT molecular complexity index is 425. The molecule has 0 aliphatic carbocycles. The van der Waals surface area contributed by atoms with Gasteiger partial charge < -0.3 is 10.6 Å². The summed E-state index contributed by atoms with van der Waals surface area (Å²) < 4.78 is 0. The molecule has 0 aromatic heterocycles. The van der Waals surface area contributed by atoms with Crippen molar-refractivity contribution in [2.45, 2.75) is 12.7 Å². The summed E-state index contributed by atoms with van der Waals surface area (Å²) in [5, 5.41) is 0. The number of aryl methyl sites for hydroxylation is 1. The molecule has 0 atom stereocenters. The molecule has 20 heavy (non-hydrogen) atoms. The molecule has 0 radical (unpaired) electrons. The molecule has 0 saturated carbocycles. The molecule has 3 nitrogen and oxygen atoms in total. The van der Waals surface area contributed by atoms with Crippen LogP contribution in [0.3, 0.4) is 0 Å². The lowest BCUT2D eigenvalue weighted by atomic mass is 10.2. The molecule has 0 unspecified atom stereocenters.